The van der Waals surface area contributed by atoms with Crippen LogP contribution in [-0.4, -0.2) is 30.6 Å². The molecule has 2 heteroatoms. The van der Waals surface area contributed by atoms with Crippen LogP contribution in [0.5, 0.6) is 0 Å². The molecule has 2 nitrogen and oxygen atoms in total. The van der Waals surface area contributed by atoms with Crippen molar-refractivity contribution in [1.29, 1.82) is 0 Å². The van der Waals surface area contributed by atoms with Gasteiger partial charge in [0.2, 0.25) is 0 Å². The molecule has 1 aromatic carbocycles. The zero-order valence-electron chi connectivity index (χ0n) is 11.9. The van der Waals surface area contributed by atoms with Crippen LogP contribution < -0.4 is 5.32 Å². The highest BCUT2D eigenvalue weighted by molar-refractivity contribution is 5.24. The van der Waals surface area contributed by atoms with Crippen LogP contribution in [0.1, 0.15) is 44.2 Å². The van der Waals surface area contributed by atoms with Crippen molar-refractivity contribution in [2.45, 2.75) is 45.7 Å². The summed E-state index contributed by atoms with van der Waals surface area (Å²) in [4.78, 5) is 2.61. The molecule has 0 bridgehead atoms. The van der Waals surface area contributed by atoms with Crippen LogP contribution in [0.4, 0.5) is 0 Å². The Kier molecular flexibility index (Phi) is 4.79. The number of piperazine rings is 1. The molecule has 1 fully saturated rings. The second-order valence-corrected chi connectivity index (χ2v) is 5.63. The van der Waals surface area contributed by atoms with Gasteiger partial charge >= 0.3 is 0 Å². The van der Waals surface area contributed by atoms with Crippen molar-refractivity contribution in [2.75, 3.05) is 19.6 Å². The van der Waals surface area contributed by atoms with Crippen LogP contribution in [0.25, 0.3) is 0 Å². The summed E-state index contributed by atoms with van der Waals surface area (Å²) in [5, 5.41) is 3.48. The maximum atomic E-state index is 3.48. The molecule has 0 aliphatic carbocycles. The fourth-order valence-electron chi connectivity index (χ4n) is 2.66. The Hall–Kier alpha value is -0.860. The minimum Gasteiger partial charge on any atom is -0.314 e. The van der Waals surface area contributed by atoms with E-state index in [-0.39, 0.29) is 0 Å². The van der Waals surface area contributed by atoms with E-state index in [1.54, 1.807) is 0 Å². The summed E-state index contributed by atoms with van der Waals surface area (Å²) >= 11 is 0. The molecule has 0 amide bonds. The Morgan fingerprint density at radius 3 is 2.61 bits per heavy atom. The van der Waals surface area contributed by atoms with Gasteiger partial charge in [-0.25, -0.2) is 0 Å². The van der Waals surface area contributed by atoms with Crippen molar-refractivity contribution in [3.63, 3.8) is 0 Å². The summed E-state index contributed by atoms with van der Waals surface area (Å²) in [6.07, 6.45) is 1.23. The molecule has 100 valence electrons. The predicted molar refractivity (Wildman–Crippen MR) is 77.9 cm³/mol. The first-order valence-corrected chi connectivity index (χ1v) is 7.24. The van der Waals surface area contributed by atoms with E-state index >= 15 is 0 Å². The van der Waals surface area contributed by atoms with Crippen LogP contribution in [0, 0.1) is 0 Å². The average Bonchev–Trinajstić information content (AvgIpc) is 2.40. The normalized spacial score (nSPS) is 21.4. The molecule has 0 spiro atoms. The fraction of sp³-hybridized carbons (Fsp3) is 0.625. The topological polar surface area (TPSA) is 15.3 Å². The lowest BCUT2D eigenvalue weighted by molar-refractivity contribution is 0.149. The average molecular weight is 246 g/mol. The first kappa shape index (κ1) is 13.6. The van der Waals surface area contributed by atoms with Crippen LogP contribution in [0.3, 0.4) is 0 Å². The van der Waals surface area contributed by atoms with Crippen molar-refractivity contribution in [2.24, 2.45) is 0 Å². The van der Waals surface area contributed by atoms with Gasteiger partial charge in [-0.3, -0.25) is 4.90 Å². The Bertz CT molecular complexity index is 356. The summed E-state index contributed by atoms with van der Waals surface area (Å²) < 4.78 is 0. The summed E-state index contributed by atoms with van der Waals surface area (Å²) in [5.41, 5.74) is 2.88. The van der Waals surface area contributed by atoms with E-state index in [4.69, 9.17) is 0 Å². The number of benzene rings is 1. The lowest BCUT2D eigenvalue weighted by Gasteiger charge is -2.35. The fourth-order valence-corrected chi connectivity index (χ4v) is 2.66. The van der Waals surface area contributed by atoms with E-state index in [1.165, 1.54) is 24.1 Å². The predicted octanol–water partition coefficient (Wildman–Crippen LogP) is 2.99. The molecule has 0 radical (unpaired) electrons. The molecule has 0 aromatic heterocycles. The third kappa shape index (κ3) is 3.33. The van der Waals surface area contributed by atoms with E-state index in [9.17, 15) is 0 Å². The maximum Gasteiger partial charge on any atom is 0.0237 e. The molecule has 1 unspecified atom stereocenters. The number of rotatable bonds is 4. The largest absolute Gasteiger partial charge is 0.314 e. The molecule has 1 saturated heterocycles. The number of hydrogen-bond acceptors (Lipinski definition) is 2. The highest BCUT2D eigenvalue weighted by Crippen LogP contribution is 2.17. The van der Waals surface area contributed by atoms with Crippen molar-refractivity contribution < 1.29 is 0 Å². The summed E-state index contributed by atoms with van der Waals surface area (Å²) in [6, 6.07) is 9.85. The van der Waals surface area contributed by atoms with Gasteiger partial charge in [0.15, 0.2) is 0 Å². The number of nitrogens with one attached hydrogen (secondary N) is 1. The Morgan fingerprint density at radius 1 is 1.28 bits per heavy atom. The number of hydrogen-bond donors (Lipinski definition) is 1. The van der Waals surface area contributed by atoms with Gasteiger partial charge in [0, 0.05) is 32.2 Å². The molecular formula is C16H26N2. The molecule has 1 aliphatic rings. The Labute approximate surface area is 111 Å². The quantitative estimate of drug-likeness (QED) is 0.878. The van der Waals surface area contributed by atoms with Crippen LogP contribution in [0.2, 0.25) is 0 Å². The second kappa shape index (κ2) is 6.35. The van der Waals surface area contributed by atoms with Gasteiger partial charge in [0.1, 0.15) is 0 Å². The molecular weight excluding hydrogens is 220 g/mol. The van der Waals surface area contributed by atoms with E-state index in [0.29, 0.717) is 12.0 Å². The molecule has 18 heavy (non-hydrogen) atoms. The Morgan fingerprint density at radius 2 is 2.00 bits per heavy atom. The summed E-state index contributed by atoms with van der Waals surface area (Å²) in [6.45, 7) is 11.3. The zero-order valence-corrected chi connectivity index (χ0v) is 11.9. The molecule has 0 saturated carbocycles. The highest BCUT2D eigenvalue weighted by Gasteiger charge is 2.20. The van der Waals surface area contributed by atoms with E-state index in [0.717, 1.165) is 19.6 Å². The van der Waals surface area contributed by atoms with E-state index in [2.05, 4.69) is 55.3 Å². The summed E-state index contributed by atoms with van der Waals surface area (Å²) in [7, 11) is 0. The zero-order chi connectivity index (χ0) is 13.0. The number of nitrogens with zero attached hydrogens (tertiary/aromatic N) is 1. The second-order valence-electron chi connectivity index (χ2n) is 5.63. The molecule has 1 aliphatic heterocycles. The van der Waals surface area contributed by atoms with Gasteiger partial charge in [0.25, 0.3) is 0 Å². The molecule has 1 N–H and O–H groups in total. The minimum absolute atomic E-state index is 0.627. The van der Waals surface area contributed by atoms with E-state index in [1.807, 2.05) is 0 Å². The summed E-state index contributed by atoms with van der Waals surface area (Å²) in [5.74, 6) is 0.627. The Balaban J connectivity index is 1.99. The van der Waals surface area contributed by atoms with Gasteiger partial charge in [0.05, 0.1) is 0 Å². The van der Waals surface area contributed by atoms with Crippen molar-refractivity contribution >= 4 is 0 Å². The lowest BCUT2D eigenvalue weighted by atomic mass is 10.0. The van der Waals surface area contributed by atoms with Crippen LogP contribution in [0.15, 0.2) is 24.3 Å². The van der Waals surface area contributed by atoms with Crippen LogP contribution >= 0.6 is 0 Å². The van der Waals surface area contributed by atoms with Gasteiger partial charge in [-0.1, -0.05) is 45.0 Å². The minimum atomic E-state index is 0.627. The first-order valence-electron chi connectivity index (χ1n) is 7.24. The van der Waals surface area contributed by atoms with Gasteiger partial charge < -0.3 is 5.32 Å². The smallest absolute Gasteiger partial charge is 0.0237 e. The SMILES string of the molecule is CCC1CNCCN1Cc1ccc(C(C)C)cc1. The van der Waals surface area contributed by atoms with Gasteiger partial charge in [-0.05, 0) is 23.5 Å². The first-order chi connectivity index (χ1) is 8.70. The van der Waals surface area contributed by atoms with E-state index < -0.39 is 0 Å². The van der Waals surface area contributed by atoms with Crippen molar-refractivity contribution in [1.82, 2.24) is 10.2 Å². The van der Waals surface area contributed by atoms with Gasteiger partial charge in [-0.2, -0.15) is 0 Å². The highest BCUT2D eigenvalue weighted by atomic mass is 15.2. The third-order valence-electron chi connectivity index (χ3n) is 3.98. The molecule has 1 atom stereocenters. The molecule has 1 aromatic rings. The molecule has 2 rings (SSSR count). The third-order valence-corrected chi connectivity index (χ3v) is 3.98. The van der Waals surface area contributed by atoms with Crippen molar-refractivity contribution in [3.05, 3.63) is 35.4 Å². The molecule has 1 heterocycles. The standard InChI is InChI=1S/C16H26N2/c1-4-16-11-17-9-10-18(16)12-14-5-7-15(8-6-14)13(2)3/h5-8,13,16-17H,4,9-12H2,1-3H3. The lowest BCUT2D eigenvalue weighted by Crippen LogP contribution is -2.50. The van der Waals surface area contributed by atoms with Gasteiger partial charge in [-0.15, -0.1) is 0 Å². The van der Waals surface area contributed by atoms with Crippen molar-refractivity contribution in [3.8, 4) is 0 Å². The maximum absolute atomic E-state index is 3.48. The monoisotopic (exact) mass is 246 g/mol. The van der Waals surface area contributed by atoms with Crippen LogP contribution in [-0.2, 0) is 6.54 Å².